The van der Waals surface area contributed by atoms with E-state index in [4.69, 9.17) is 9.47 Å². The van der Waals surface area contributed by atoms with Gasteiger partial charge in [-0.05, 0) is 26.8 Å². The summed E-state index contributed by atoms with van der Waals surface area (Å²) in [5, 5.41) is 2.55. The predicted octanol–water partition coefficient (Wildman–Crippen LogP) is 3.20. The molecule has 0 rings (SSSR count). The zero-order valence-electron chi connectivity index (χ0n) is 13.2. The molecule has 0 fully saturated rings. The van der Waals surface area contributed by atoms with E-state index in [-0.39, 0.29) is 0 Å². The van der Waals surface area contributed by atoms with Crippen molar-refractivity contribution in [3.8, 4) is 0 Å². The summed E-state index contributed by atoms with van der Waals surface area (Å²) in [5.74, 6) is -0.436. The molecule has 7 heteroatoms. The van der Waals surface area contributed by atoms with E-state index in [0.717, 1.165) is 6.04 Å². The number of esters is 1. The number of alkyl carbamates (subject to hydrolysis) is 1. The van der Waals surface area contributed by atoms with E-state index in [1.807, 2.05) is 22.6 Å². The number of alkyl halides is 1. The van der Waals surface area contributed by atoms with Gasteiger partial charge in [-0.3, -0.25) is 0 Å². The van der Waals surface area contributed by atoms with E-state index in [1.54, 1.807) is 20.8 Å². The fourth-order valence-electron chi connectivity index (χ4n) is 1.17. The van der Waals surface area contributed by atoms with Crippen LogP contribution in [0.4, 0.5) is 4.79 Å². The lowest BCUT2D eigenvalue weighted by Crippen LogP contribution is -2.45. The number of nitrogens with one attached hydrogen (secondary N) is 1. The van der Waals surface area contributed by atoms with Crippen LogP contribution in [0.3, 0.4) is 0 Å². The van der Waals surface area contributed by atoms with Gasteiger partial charge in [-0.15, -0.1) is 0 Å². The molecule has 1 N–H and O–H groups in total. The number of rotatable bonds is 6. The Morgan fingerprint density at radius 2 is 1.80 bits per heavy atom. The lowest BCUT2D eigenvalue weighted by Gasteiger charge is -2.23. The first-order valence-corrected chi connectivity index (χ1v) is 11.9. The van der Waals surface area contributed by atoms with Crippen LogP contribution in [0.25, 0.3) is 0 Å². The zero-order valence-corrected chi connectivity index (χ0v) is 16.4. The van der Waals surface area contributed by atoms with Crippen LogP contribution in [-0.2, 0) is 14.3 Å². The van der Waals surface area contributed by atoms with Crippen molar-refractivity contribution in [3.05, 3.63) is 0 Å². The van der Waals surface area contributed by atoms with Crippen LogP contribution >= 0.6 is 22.6 Å². The van der Waals surface area contributed by atoms with Crippen molar-refractivity contribution in [2.75, 3.05) is 11.0 Å². The van der Waals surface area contributed by atoms with E-state index < -0.39 is 31.8 Å². The summed E-state index contributed by atoms with van der Waals surface area (Å²) in [6.07, 6.45) is -0.559. The van der Waals surface area contributed by atoms with Crippen molar-refractivity contribution < 1.29 is 19.1 Å². The van der Waals surface area contributed by atoms with Gasteiger partial charge in [0.1, 0.15) is 11.6 Å². The number of halogens is 1. The number of carbonyl (C=O) groups is 2. The second kappa shape index (κ2) is 8.21. The Balaban J connectivity index is 4.22. The van der Waals surface area contributed by atoms with Crippen LogP contribution in [-0.4, -0.2) is 42.8 Å². The lowest BCUT2D eigenvalue weighted by molar-refractivity contribution is -0.156. The van der Waals surface area contributed by atoms with E-state index in [0.29, 0.717) is 11.0 Å². The highest BCUT2D eigenvalue weighted by Crippen LogP contribution is 2.10. The Kier molecular flexibility index (Phi) is 8.08. The molecule has 0 unspecified atom stereocenters. The van der Waals surface area contributed by atoms with Gasteiger partial charge in [0.05, 0.1) is 6.61 Å². The topological polar surface area (TPSA) is 64.6 Å². The summed E-state index contributed by atoms with van der Waals surface area (Å²) in [7, 11) is -1.22. The van der Waals surface area contributed by atoms with Crippen molar-refractivity contribution in [1.29, 1.82) is 0 Å². The molecule has 0 aliphatic rings. The maximum Gasteiger partial charge on any atom is 0.407 e. The Bertz CT molecular complexity index is 336. The van der Waals surface area contributed by atoms with Gasteiger partial charge < -0.3 is 14.8 Å². The normalized spacial score (nSPS) is 13.6. The van der Waals surface area contributed by atoms with E-state index in [2.05, 4.69) is 25.0 Å². The highest BCUT2D eigenvalue weighted by atomic mass is 127. The van der Waals surface area contributed by atoms with Crippen molar-refractivity contribution in [2.24, 2.45) is 0 Å². The van der Waals surface area contributed by atoms with Crippen LogP contribution in [0.5, 0.6) is 0 Å². The third kappa shape index (κ3) is 10.5. The monoisotopic (exact) mass is 415 g/mol. The van der Waals surface area contributed by atoms with Gasteiger partial charge in [0.25, 0.3) is 0 Å². The molecule has 0 aromatic heterocycles. The molecule has 0 saturated carbocycles. The molecular formula is C13H26INO4Si. The standard InChI is InChI=1S/C13H26INO4Si/c1-13(2,3)19-11(16)10(9-14)15-12(17)18-7-8-20(4,5)6/h10H,7-9H2,1-6H3,(H,15,17)/t10-/m0/s1. The van der Waals surface area contributed by atoms with Crippen LogP contribution in [0.1, 0.15) is 20.8 Å². The molecule has 20 heavy (non-hydrogen) atoms. The maximum absolute atomic E-state index is 11.9. The largest absolute Gasteiger partial charge is 0.458 e. The second-order valence-corrected chi connectivity index (χ2v) is 13.3. The fraction of sp³-hybridized carbons (Fsp3) is 0.846. The number of amides is 1. The van der Waals surface area contributed by atoms with E-state index in [1.165, 1.54) is 0 Å². The predicted molar refractivity (Wildman–Crippen MR) is 91.2 cm³/mol. The lowest BCUT2D eigenvalue weighted by atomic mass is 10.2. The van der Waals surface area contributed by atoms with Gasteiger partial charge in [0.2, 0.25) is 0 Å². The number of hydrogen-bond acceptors (Lipinski definition) is 4. The molecule has 0 heterocycles. The highest BCUT2D eigenvalue weighted by molar-refractivity contribution is 14.1. The van der Waals surface area contributed by atoms with Crippen molar-refractivity contribution in [2.45, 2.75) is 58.1 Å². The fourth-order valence-corrected chi connectivity index (χ4v) is 2.46. The molecule has 0 aromatic carbocycles. The molecule has 0 aliphatic heterocycles. The molecule has 0 radical (unpaired) electrons. The summed E-state index contributed by atoms with van der Waals surface area (Å²) < 4.78 is 10.8. The first-order valence-electron chi connectivity index (χ1n) is 6.67. The molecule has 0 bridgehead atoms. The molecule has 0 spiro atoms. The van der Waals surface area contributed by atoms with Crippen molar-refractivity contribution in [3.63, 3.8) is 0 Å². The van der Waals surface area contributed by atoms with Gasteiger partial charge in [0, 0.05) is 12.5 Å². The van der Waals surface area contributed by atoms with Gasteiger partial charge >= 0.3 is 12.1 Å². The number of hydrogen-bond donors (Lipinski definition) is 1. The molecule has 0 saturated heterocycles. The second-order valence-electron chi connectivity index (χ2n) is 6.83. The number of ether oxygens (including phenoxy) is 2. The summed E-state index contributed by atoms with van der Waals surface area (Å²) in [6, 6.07) is 0.232. The SMILES string of the molecule is CC(C)(C)OC(=O)[C@H](CI)NC(=O)OCC[Si](C)(C)C. The zero-order chi connectivity index (χ0) is 16.0. The Morgan fingerprint density at radius 3 is 2.20 bits per heavy atom. The number of carbonyl (C=O) groups excluding carboxylic acids is 2. The average Bonchev–Trinajstić information content (AvgIpc) is 2.21. The molecule has 1 atom stereocenters. The molecule has 5 nitrogen and oxygen atoms in total. The Morgan fingerprint density at radius 1 is 1.25 bits per heavy atom. The quantitative estimate of drug-likeness (QED) is 0.313. The summed E-state index contributed by atoms with van der Waals surface area (Å²) in [4.78, 5) is 23.5. The molecular weight excluding hydrogens is 389 g/mol. The average molecular weight is 415 g/mol. The third-order valence-electron chi connectivity index (χ3n) is 2.22. The van der Waals surface area contributed by atoms with Gasteiger partial charge in [0.15, 0.2) is 0 Å². The Hall–Kier alpha value is -0.313. The van der Waals surface area contributed by atoms with E-state index >= 15 is 0 Å². The van der Waals surface area contributed by atoms with Gasteiger partial charge in [-0.2, -0.15) is 0 Å². The Labute approximate surface area is 136 Å². The van der Waals surface area contributed by atoms with Crippen LogP contribution < -0.4 is 5.32 Å². The minimum Gasteiger partial charge on any atom is -0.458 e. The smallest absolute Gasteiger partial charge is 0.407 e. The minimum absolute atomic E-state index is 0.393. The summed E-state index contributed by atoms with van der Waals surface area (Å²) >= 11 is 2.04. The van der Waals surface area contributed by atoms with Crippen LogP contribution in [0.2, 0.25) is 25.7 Å². The molecule has 118 valence electrons. The van der Waals surface area contributed by atoms with Gasteiger partial charge in [-0.25, -0.2) is 9.59 Å². The van der Waals surface area contributed by atoms with Crippen molar-refractivity contribution in [1.82, 2.24) is 5.32 Å². The summed E-state index contributed by atoms with van der Waals surface area (Å²) in [5.41, 5.74) is -0.565. The van der Waals surface area contributed by atoms with Crippen LogP contribution in [0, 0.1) is 0 Å². The van der Waals surface area contributed by atoms with Crippen molar-refractivity contribution >= 4 is 42.7 Å². The maximum atomic E-state index is 11.9. The van der Waals surface area contributed by atoms with Crippen LogP contribution in [0.15, 0.2) is 0 Å². The first kappa shape index (κ1) is 19.7. The van der Waals surface area contributed by atoms with Gasteiger partial charge in [-0.1, -0.05) is 42.2 Å². The highest BCUT2D eigenvalue weighted by Gasteiger charge is 2.26. The summed E-state index contributed by atoms with van der Waals surface area (Å²) in [6.45, 7) is 12.4. The minimum atomic E-state index is -1.22. The molecule has 0 aromatic rings. The molecule has 1 amide bonds. The van der Waals surface area contributed by atoms with E-state index in [9.17, 15) is 9.59 Å². The third-order valence-corrected chi connectivity index (χ3v) is 4.81. The first-order chi connectivity index (χ1) is 8.94. The molecule has 0 aliphatic carbocycles.